The van der Waals surface area contributed by atoms with Crippen molar-refractivity contribution in [3.8, 4) is 0 Å². The molecule has 0 fully saturated rings. The van der Waals surface area contributed by atoms with Crippen LogP contribution < -0.4 is 11.1 Å². The summed E-state index contributed by atoms with van der Waals surface area (Å²) in [6, 6.07) is 6.62. The van der Waals surface area contributed by atoms with Crippen molar-refractivity contribution in [3.63, 3.8) is 0 Å². The van der Waals surface area contributed by atoms with Crippen molar-refractivity contribution in [2.75, 3.05) is 6.54 Å². The molecular formula is C12H19FN2. The summed E-state index contributed by atoms with van der Waals surface area (Å²) >= 11 is 0. The van der Waals surface area contributed by atoms with E-state index in [-0.39, 0.29) is 11.4 Å². The quantitative estimate of drug-likeness (QED) is 0.730. The SMILES string of the molecule is CC(C)(N)CCNCc1cccc(F)c1. The Kier molecular flexibility index (Phi) is 4.24. The minimum absolute atomic E-state index is 0.144. The van der Waals surface area contributed by atoms with Crippen LogP contribution in [0.3, 0.4) is 0 Å². The molecule has 0 bridgehead atoms. The Bertz CT molecular complexity index is 305. The Hall–Kier alpha value is -0.930. The van der Waals surface area contributed by atoms with Gasteiger partial charge in [0.15, 0.2) is 0 Å². The summed E-state index contributed by atoms with van der Waals surface area (Å²) in [6.07, 6.45) is 0.905. The molecule has 15 heavy (non-hydrogen) atoms. The Morgan fingerprint density at radius 2 is 2.13 bits per heavy atom. The Morgan fingerprint density at radius 1 is 1.40 bits per heavy atom. The second kappa shape index (κ2) is 5.24. The first kappa shape index (κ1) is 12.1. The van der Waals surface area contributed by atoms with Crippen molar-refractivity contribution in [1.29, 1.82) is 0 Å². The molecule has 0 amide bonds. The molecule has 0 radical (unpaired) electrons. The second-order valence-corrected chi connectivity index (χ2v) is 4.55. The molecule has 0 saturated heterocycles. The van der Waals surface area contributed by atoms with Gasteiger partial charge in [0.25, 0.3) is 0 Å². The number of hydrogen-bond donors (Lipinski definition) is 2. The maximum atomic E-state index is 12.8. The van der Waals surface area contributed by atoms with E-state index in [0.29, 0.717) is 6.54 Å². The van der Waals surface area contributed by atoms with Crippen molar-refractivity contribution in [2.24, 2.45) is 5.73 Å². The van der Waals surface area contributed by atoms with Gasteiger partial charge in [-0.2, -0.15) is 0 Å². The van der Waals surface area contributed by atoms with Gasteiger partial charge in [0, 0.05) is 12.1 Å². The fourth-order valence-corrected chi connectivity index (χ4v) is 1.29. The van der Waals surface area contributed by atoms with E-state index in [1.165, 1.54) is 6.07 Å². The van der Waals surface area contributed by atoms with Crippen LogP contribution in [0.4, 0.5) is 4.39 Å². The maximum Gasteiger partial charge on any atom is 0.123 e. The molecule has 0 aliphatic rings. The average molecular weight is 210 g/mol. The summed E-state index contributed by atoms with van der Waals surface area (Å²) in [5.41, 5.74) is 6.66. The van der Waals surface area contributed by atoms with Gasteiger partial charge in [0.2, 0.25) is 0 Å². The van der Waals surface area contributed by atoms with Crippen molar-refractivity contribution < 1.29 is 4.39 Å². The minimum atomic E-state index is -0.187. The fraction of sp³-hybridized carbons (Fsp3) is 0.500. The Balaban J connectivity index is 2.26. The van der Waals surface area contributed by atoms with E-state index in [4.69, 9.17) is 5.73 Å². The summed E-state index contributed by atoms with van der Waals surface area (Å²) in [4.78, 5) is 0. The van der Waals surface area contributed by atoms with Gasteiger partial charge in [-0.1, -0.05) is 12.1 Å². The topological polar surface area (TPSA) is 38.0 Å². The molecule has 0 atom stereocenters. The highest BCUT2D eigenvalue weighted by atomic mass is 19.1. The molecule has 0 heterocycles. The maximum absolute atomic E-state index is 12.8. The standard InChI is InChI=1S/C12H19FN2/c1-12(2,14)6-7-15-9-10-4-3-5-11(13)8-10/h3-5,8,15H,6-7,9,14H2,1-2H3. The van der Waals surface area contributed by atoms with Crippen molar-refractivity contribution in [3.05, 3.63) is 35.6 Å². The molecular weight excluding hydrogens is 191 g/mol. The second-order valence-electron chi connectivity index (χ2n) is 4.55. The summed E-state index contributed by atoms with van der Waals surface area (Å²) in [6.45, 7) is 5.53. The van der Waals surface area contributed by atoms with Crippen LogP contribution in [-0.4, -0.2) is 12.1 Å². The zero-order valence-electron chi connectivity index (χ0n) is 9.39. The smallest absolute Gasteiger partial charge is 0.123 e. The normalized spacial score (nSPS) is 11.7. The van der Waals surface area contributed by atoms with E-state index in [0.717, 1.165) is 18.5 Å². The molecule has 1 aromatic rings. The van der Waals surface area contributed by atoms with Gasteiger partial charge in [-0.3, -0.25) is 0 Å². The van der Waals surface area contributed by atoms with Crippen LogP contribution in [0.5, 0.6) is 0 Å². The lowest BCUT2D eigenvalue weighted by molar-refractivity contribution is 0.454. The molecule has 0 unspecified atom stereocenters. The molecule has 1 aromatic carbocycles. The van der Waals surface area contributed by atoms with Crippen LogP contribution in [0, 0.1) is 5.82 Å². The summed E-state index contributed by atoms with van der Waals surface area (Å²) in [5.74, 6) is -0.187. The Morgan fingerprint density at radius 3 is 2.73 bits per heavy atom. The summed E-state index contributed by atoms with van der Waals surface area (Å²) in [5, 5.41) is 3.24. The van der Waals surface area contributed by atoms with Crippen molar-refractivity contribution in [1.82, 2.24) is 5.32 Å². The van der Waals surface area contributed by atoms with E-state index >= 15 is 0 Å². The first-order valence-corrected chi connectivity index (χ1v) is 5.21. The van der Waals surface area contributed by atoms with Gasteiger partial charge >= 0.3 is 0 Å². The molecule has 0 spiro atoms. The summed E-state index contributed by atoms with van der Waals surface area (Å²) in [7, 11) is 0. The lowest BCUT2D eigenvalue weighted by atomic mass is 10.0. The third-order valence-electron chi connectivity index (χ3n) is 2.16. The highest BCUT2D eigenvalue weighted by Gasteiger charge is 2.08. The number of rotatable bonds is 5. The predicted octanol–water partition coefficient (Wildman–Crippen LogP) is 2.04. The van der Waals surface area contributed by atoms with Crippen LogP contribution in [0.15, 0.2) is 24.3 Å². The van der Waals surface area contributed by atoms with Crippen molar-refractivity contribution in [2.45, 2.75) is 32.4 Å². The number of nitrogens with two attached hydrogens (primary N) is 1. The zero-order chi connectivity index (χ0) is 11.3. The Labute approximate surface area is 90.7 Å². The number of nitrogens with one attached hydrogen (secondary N) is 1. The van der Waals surface area contributed by atoms with E-state index in [1.54, 1.807) is 12.1 Å². The molecule has 2 nitrogen and oxygen atoms in total. The molecule has 0 aliphatic carbocycles. The van der Waals surface area contributed by atoms with Gasteiger partial charge < -0.3 is 11.1 Å². The average Bonchev–Trinajstić information content (AvgIpc) is 2.11. The number of hydrogen-bond acceptors (Lipinski definition) is 2. The highest BCUT2D eigenvalue weighted by molar-refractivity contribution is 5.15. The van der Waals surface area contributed by atoms with Crippen LogP contribution in [0.1, 0.15) is 25.8 Å². The van der Waals surface area contributed by atoms with Crippen LogP contribution in [0.2, 0.25) is 0 Å². The third kappa shape index (κ3) is 5.50. The first-order valence-electron chi connectivity index (χ1n) is 5.21. The lowest BCUT2D eigenvalue weighted by Gasteiger charge is -2.18. The number of benzene rings is 1. The fourth-order valence-electron chi connectivity index (χ4n) is 1.29. The molecule has 0 saturated carbocycles. The van der Waals surface area contributed by atoms with Crippen LogP contribution in [-0.2, 0) is 6.54 Å². The van der Waals surface area contributed by atoms with Gasteiger partial charge in [-0.15, -0.1) is 0 Å². The van der Waals surface area contributed by atoms with Gasteiger partial charge in [0.1, 0.15) is 5.82 Å². The molecule has 3 N–H and O–H groups in total. The highest BCUT2D eigenvalue weighted by Crippen LogP contribution is 2.04. The van der Waals surface area contributed by atoms with Crippen molar-refractivity contribution >= 4 is 0 Å². The van der Waals surface area contributed by atoms with Crippen LogP contribution >= 0.6 is 0 Å². The predicted molar refractivity (Wildman–Crippen MR) is 61.0 cm³/mol. The molecule has 84 valence electrons. The monoisotopic (exact) mass is 210 g/mol. The molecule has 0 aromatic heterocycles. The van der Waals surface area contributed by atoms with E-state index < -0.39 is 0 Å². The lowest BCUT2D eigenvalue weighted by Crippen LogP contribution is -2.35. The zero-order valence-corrected chi connectivity index (χ0v) is 9.39. The minimum Gasteiger partial charge on any atom is -0.326 e. The molecule has 0 aliphatic heterocycles. The van der Waals surface area contributed by atoms with Gasteiger partial charge in [0.05, 0.1) is 0 Å². The molecule has 3 heteroatoms. The number of halogens is 1. The summed E-state index contributed by atoms with van der Waals surface area (Å²) < 4.78 is 12.8. The largest absolute Gasteiger partial charge is 0.326 e. The molecule has 1 rings (SSSR count). The van der Waals surface area contributed by atoms with Gasteiger partial charge in [-0.05, 0) is 44.5 Å². The van der Waals surface area contributed by atoms with E-state index in [9.17, 15) is 4.39 Å². The van der Waals surface area contributed by atoms with Gasteiger partial charge in [-0.25, -0.2) is 4.39 Å². The van der Waals surface area contributed by atoms with Crippen LogP contribution in [0.25, 0.3) is 0 Å². The first-order chi connectivity index (χ1) is 6.97. The van der Waals surface area contributed by atoms with E-state index in [2.05, 4.69) is 5.32 Å². The van der Waals surface area contributed by atoms with E-state index in [1.807, 2.05) is 19.9 Å². The third-order valence-corrected chi connectivity index (χ3v) is 2.16.